The number of hydrogen-bond acceptors (Lipinski definition) is 4. The molecule has 1 aliphatic heterocycles. The number of nitrogens with zero attached hydrogens (tertiary/aromatic N) is 1. The summed E-state index contributed by atoms with van der Waals surface area (Å²) in [5, 5.41) is 18.1. The van der Waals surface area contributed by atoms with Gasteiger partial charge in [-0.1, -0.05) is 25.8 Å². The van der Waals surface area contributed by atoms with Gasteiger partial charge < -0.3 is 15.8 Å². The predicted octanol–water partition coefficient (Wildman–Crippen LogP) is 3.57. The molecule has 2 aliphatic rings. The molecule has 4 atom stereocenters. The Morgan fingerprint density at radius 1 is 1.19 bits per heavy atom. The van der Waals surface area contributed by atoms with E-state index in [2.05, 4.69) is 17.6 Å². The van der Waals surface area contributed by atoms with Crippen LogP contribution in [0.3, 0.4) is 0 Å². The molecule has 27 heavy (non-hydrogen) atoms. The van der Waals surface area contributed by atoms with Gasteiger partial charge in [-0.25, -0.2) is 0 Å². The van der Waals surface area contributed by atoms with E-state index in [9.17, 15) is 10.0 Å². The molecule has 1 aromatic carbocycles. The summed E-state index contributed by atoms with van der Waals surface area (Å²) in [7, 11) is 2.01. The fraction of sp³-hybridized carbons (Fsp3) is 0.667. The van der Waals surface area contributed by atoms with Gasteiger partial charge >= 0.3 is 0 Å². The third kappa shape index (κ3) is 5.51. The quantitative estimate of drug-likeness (QED) is 0.253. The maximum atomic E-state index is 12.3. The average Bonchev–Trinajstić information content (AvgIpc) is 3.57. The summed E-state index contributed by atoms with van der Waals surface area (Å²) in [6.45, 7) is 4.31. The smallest absolute Gasteiger partial charge is 0.270 e. The summed E-state index contributed by atoms with van der Waals surface area (Å²) in [5.74, 6) is 2.56. The number of rotatable bonds is 12. The Kier molecular flexibility index (Phi) is 6.87. The van der Waals surface area contributed by atoms with E-state index in [1.165, 1.54) is 25.7 Å². The largest absolute Gasteiger partial charge is 0.591 e. The van der Waals surface area contributed by atoms with Crippen molar-refractivity contribution in [1.82, 2.24) is 15.4 Å². The van der Waals surface area contributed by atoms with E-state index >= 15 is 0 Å². The van der Waals surface area contributed by atoms with Crippen molar-refractivity contribution >= 4 is 11.6 Å². The van der Waals surface area contributed by atoms with E-state index in [1.54, 1.807) is 24.3 Å². The van der Waals surface area contributed by atoms with Crippen molar-refractivity contribution in [1.29, 1.82) is 0 Å². The summed E-state index contributed by atoms with van der Waals surface area (Å²) in [4.78, 5) is 16.3. The van der Waals surface area contributed by atoms with Gasteiger partial charge in [-0.2, -0.15) is 0 Å². The van der Waals surface area contributed by atoms with Gasteiger partial charge in [0, 0.05) is 24.2 Å². The van der Waals surface area contributed by atoms with Crippen LogP contribution in [-0.4, -0.2) is 32.8 Å². The van der Waals surface area contributed by atoms with Crippen molar-refractivity contribution in [2.24, 2.45) is 17.8 Å². The van der Waals surface area contributed by atoms with Crippen LogP contribution in [-0.2, 0) is 4.84 Å². The molecular formula is C21H33N3O3. The number of carbonyl (C=O) groups excluding carboxylic acids is 1. The zero-order chi connectivity index (χ0) is 19.3. The lowest BCUT2D eigenvalue weighted by molar-refractivity contribution is 0.0952. The lowest BCUT2D eigenvalue weighted by Crippen LogP contribution is -2.25. The summed E-state index contributed by atoms with van der Waals surface area (Å²) < 4.78 is 0. The molecule has 3 rings (SSSR count). The van der Waals surface area contributed by atoms with Crippen molar-refractivity contribution < 1.29 is 9.63 Å². The molecule has 1 aromatic rings. The monoisotopic (exact) mass is 375 g/mol. The molecular weight excluding hydrogens is 342 g/mol. The van der Waals surface area contributed by atoms with Gasteiger partial charge in [-0.3, -0.25) is 4.79 Å². The first kappa shape index (κ1) is 20.3. The maximum absolute atomic E-state index is 12.3. The van der Waals surface area contributed by atoms with Gasteiger partial charge in [0.1, 0.15) is 0 Å². The molecule has 6 nitrogen and oxygen atoms in total. The van der Waals surface area contributed by atoms with E-state index in [4.69, 9.17) is 4.84 Å². The molecule has 1 amide bonds. The second-order valence-corrected chi connectivity index (χ2v) is 8.02. The number of hydrogen-bond donors (Lipinski definition) is 2. The van der Waals surface area contributed by atoms with Crippen molar-refractivity contribution in [3.63, 3.8) is 0 Å². The molecule has 0 radical (unpaired) electrons. The number of unbranched alkanes of at least 4 members (excludes halogenated alkanes) is 2. The highest BCUT2D eigenvalue weighted by atomic mass is 17.1. The molecule has 2 fully saturated rings. The van der Waals surface area contributed by atoms with E-state index < -0.39 is 4.81 Å². The van der Waals surface area contributed by atoms with E-state index in [0.717, 1.165) is 37.1 Å². The summed E-state index contributed by atoms with van der Waals surface area (Å²) in [5.41, 5.74) is 1.000. The number of amides is 1. The van der Waals surface area contributed by atoms with Crippen LogP contribution in [0.15, 0.2) is 24.3 Å². The van der Waals surface area contributed by atoms with E-state index in [1.807, 2.05) is 7.05 Å². The van der Waals surface area contributed by atoms with Crippen molar-refractivity contribution in [3.8, 4) is 0 Å². The standard InChI is InChI=1S/C21H33N3O3/c1-16-19(10-3-5-12-22-2)20(16)11-4-6-13-23-21(25)17-8-7-9-18(14-17)24(26)15-27-24/h7-9,14,16,19-20,22H,3-6,10-13,15H2,1-2H3,(H,23,25). The Labute approximate surface area is 162 Å². The van der Waals surface area contributed by atoms with Gasteiger partial charge in [-0.15, -0.1) is 9.65 Å². The summed E-state index contributed by atoms with van der Waals surface area (Å²) >= 11 is 0. The third-order valence-electron chi connectivity index (χ3n) is 6.09. The van der Waals surface area contributed by atoms with Gasteiger partial charge in [0.25, 0.3) is 12.6 Å². The molecule has 150 valence electrons. The number of quaternary nitrogens is 1. The van der Waals surface area contributed by atoms with E-state index in [-0.39, 0.29) is 12.6 Å². The van der Waals surface area contributed by atoms with Crippen LogP contribution in [0.2, 0.25) is 0 Å². The third-order valence-corrected chi connectivity index (χ3v) is 6.09. The molecule has 6 heteroatoms. The van der Waals surface area contributed by atoms with Crippen LogP contribution in [0, 0.1) is 23.0 Å². The van der Waals surface area contributed by atoms with Crippen molar-refractivity contribution in [3.05, 3.63) is 35.0 Å². The van der Waals surface area contributed by atoms with Gasteiger partial charge in [0.2, 0.25) is 0 Å². The van der Waals surface area contributed by atoms with E-state index in [0.29, 0.717) is 17.8 Å². The predicted molar refractivity (Wildman–Crippen MR) is 108 cm³/mol. The molecule has 2 N–H and O–H groups in total. The normalized spacial score (nSPS) is 28.8. The zero-order valence-corrected chi connectivity index (χ0v) is 16.6. The van der Waals surface area contributed by atoms with Crippen LogP contribution >= 0.6 is 0 Å². The Morgan fingerprint density at radius 2 is 1.85 bits per heavy atom. The lowest BCUT2D eigenvalue weighted by Gasteiger charge is -2.14. The van der Waals surface area contributed by atoms with Crippen LogP contribution in [0.1, 0.15) is 55.8 Å². The molecule has 1 saturated carbocycles. The first-order chi connectivity index (χ1) is 13.0. The van der Waals surface area contributed by atoms with Crippen LogP contribution in [0.4, 0.5) is 5.69 Å². The second-order valence-electron chi connectivity index (χ2n) is 8.02. The molecule has 0 aromatic heterocycles. The topological polar surface area (TPSA) is 76.7 Å². The molecule has 4 unspecified atom stereocenters. The minimum Gasteiger partial charge on any atom is -0.591 e. The molecule has 0 spiro atoms. The minimum absolute atomic E-state index is 0.118. The molecule has 1 aliphatic carbocycles. The molecule has 1 heterocycles. The van der Waals surface area contributed by atoms with Gasteiger partial charge in [0.15, 0.2) is 5.69 Å². The first-order valence-electron chi connectivity index (χ1n) is 10.3. The summed E-state index contributed by atoms with van der Waals surface area (Å²) in [6, 6.07) is 6.79. The van der Waals surface area contributed by atoms with Gasteiger partial charge in [-0.05, 0) is 63.1 Å². The lowest BCUT2D eigenvalue weighted by atomic mass is 10.1. The average molecular weight is 376 g/mol. The Morgan fingerprint density at radius 3 is 2.48 bits per heavy atom. The number of hydroxylamine groups is 2. The van der Waals surface area contributed by atoms with Crippen LogP contribution in [0.25, 0.3) is 0 Å². The summed E-state index contributed by atoms with van der Waals surface area (Å²) in [6.07, 6.45) is 7.41. The zero-order valence-electron chi connectivity index (χ0n) is 16.6. The van der Waals surface area contributed by atoms with Gasteiger partial charge in [0.05, 0.1) is 0 Å². The maximum Gasteiger partial charge on any atom is 0.270 e. The first-order valence-corrected chi connectivity index (χ1v) is 10.3. The number of nitrogens with one attached hydrogen (secondary N) is 2. The Balaban J connectivity index is 1.29. The molecule has 0 bridgehead atoms. The van der Waals surface area contributed by atoms with Crippen molar-refractivity contribution in [2.45, 2.75) is 45.4 Å². The molecule has 1 saturated heterocycles. The fourth-order valence-corrected chi connectivity index (χ4v) is 4.14. The number of benzene rings is 1. The Bertz CT molecular complexity index is 633. The number of carbonyl (C=O) groups is 1. The highest BCUT2D eigenvalue weighted by molar-refractivity contribution is 5.95. The SMILES string of the molecule is CNCCCCC1C(C)C1CCCCNC(=O)c1cccc([N+]2([O-])CO2)c1. The van der Waals surface area contributed by atoms with Crippen LogP contribution < -0.4 is 15.4 Å². The highest BCUT2D eigenvalue weighted by Crippen LogP contribution is 2.51. The van der Waals surface area contributed by atoms with Crippen molar-refractivity contribution in [2.75, 3.05) is 26.9 Å². The second kappa shape index (κ2) is 9.15. The minimum atomic E-state index is -0.781. The highest BCUT2D eigenvalue weighted by Gasteiger charge is 2.44. The Hall–Kier alpha value is -1.47. The van der Waals surface area contributed by atoms with Crippen LogP contribution in [0.5, 0.6) is 0 Å². The fourth-order valence-electron chi connectivity index (χ4n) is 4.14.